The molecule has 0 bridgehead atoms. The van der Waals surface area contributed by atoms with Crippen LogP contribution < -0.4 is 10.1 Å². The molecule has 0 heterocycles. The summed E-state index contributed by atoms with van der Waals surface area (Å²) in [5.41, 5.74) is 1.35. The Kier molecular flexibility index (Phi) is 6.29. The average Bonchev–Trinajstić information content (AvgIpc) is 2.52. The van der Waals surface area contributed by atoms with Gasteiger partial charge < -0.3 is 10.1 Å². The van der Waals surface area contributed by atoms with E-state index in [0.717, 1.165) is 18.7 Å². The molecule has 0 amide bonds. The Labute approximate surface area is 128 Å². The van der Waals surface area contributed by atoms with Crippen LogP contribution in [0.1, 0.15) is 31.9 Å². The van der Waals surface area contributed by atoms with Gasteiger partial charge in [-0.15, -0.1) is 0 Å². The second-order valence-electron chi connectivity index (χ2n) is 5.71. The fraction of sp³-hybridized carbons (Fsp3) is 0.368. The maximum Gasteiger partial charge on any atom is 0.119 e. The third-order valence-electron chi connectivity index (χ3n) is 3.41. The molecule has 0 radical (unpaired) electrons. The molecule has 0 spiro atoms. The molecule has 1 unspecified atom stereocenters. The van der Waals surface area contributed by atoms with E-state index in [1.54, 1.807) is 0 Å². The van der Waals surface area contributed by atoms with E-state index in [1.165, 1.54) is 5.56 Å². The van der Waals surface area contributed by atoms with Crippen molar-refractivity contribution in [2.45, 2.75) is 26.3 Å². The lowest BCUT2D eigenvalue weighted by atomic mass is 9.97. The highest BCUT2D eigenvalue weighted by atomic mass is 16.5. The fourth-order valence-corrected chi connectivity index (χ4v) is 2.41. The molecule has 112 valence electrons. The van der Waals surface area contributed by atoms with Gasteiger partial charge in [-0.25, -0.2) is 0 Å². The lowest BCUT2D eigenvalue weighted by Crippen LogP contribution is -2.27. The second-order valence-corrected chi connectivity index (χ2v) is 5.71. The van der Waals surface area contributed by atoms with Crippen molar-refractivity contribution in [2.75, 3.05) is 13.2 Å². The van der Waals surface area contributed by atoms with Gasteiger partial charge >= 0.3 is 0 Å². The van der Waals surface area contributed by atoms with Crippen molar-refractivity contribution in [3.63, 3.8) is 0 Å². The first-order chi connectivity index (χ1) is 10.3. The van der Waals surface area contributed by atoms with Crippen molar-refractivity contribution in [1.82, 2.24) is 5.32 Å². The van der Waals surface area contributed by atoms with Crippen LogP contribution >= 0.6 is 0 Å². The normalized spacial score (nSPS) is 12.3. The lowest BCUT2D eigenvalue weighted by Gasteiger charge is -2.21. The number of para-hydroxylation sites is 1. The minimum Gasteiger partial charge on any atom is -0.492 e. The van der Waals surface area contributed by atoms with Gasteiger partial charge in [0.05, 0.1) is 0 Å². The molecule has 0 saturated carbocycles. The zero-order valence-electron chi connectivity index (χ0n) is 13.0. The minimum atomic E-state index is 0.394. The molecule has 0 fully saturated rings. The Balaban J connectivity index is 1.82. The van der Waals surface area contributed by atoms with Crippen LogP contribution in [0.2, 0.25) is 0 Å². The first-order valence-corrected chi connectivity index (χ1v) is 7.72. The van der Waals surface area contributed by atoms with Gasteiger partial charge in [0, 0.05) is 12.6 Å². The summed E-state index contributed by atoms with van der Waals surface area (Å²) < 4.78 is 5.73. The molecule has 0 aliphatic rings. The maximum atomic E-state index is 5.73. The van der Waals surface area contributed by atoms with Crippen molar-refractivity contribution in [3.05, 3.63) is 66.2 Å². The van der Waals surface area contributed by atoms with Gasteiger partial charge in [0.1, 0.15) is 12.4 Å². The summed E-state index contributed by atoms with van der Waals surface area (Å²) in [6.45, 7) is 6.06. The minimum absolute atomic E-state index is 0.394. The van der Waals surface area contributed by atoms with E-state index in [1.807, 2.05) is 30.3 Å². The van der Waals surface area contributed by atoms with Crippen LogP contribution in [0.15, 0.2) is 60.7 Å². The van der Waals surface area contributed by atoms with E-state index < -0.39 is 0 Å². The summed E-state index contributed by atoms with van der Waals surface area (Å²) in [5, 5.41) is 3.61. The molecule has 0 aliphatic heterocycles. The summed E-state index contributed by atoms with van der Waals surface area (Å²) in [6, 6.07) is 21.0. The molecule has 1 atom stereocenters. The molecule has 2 nitrogen and oxygen atoms in total. The Morgan fingerprint density at radius 2 is 1.52 bits per heavy atom. The fourth-order valence-electron chi connectivity index (χ4n) is 2.41. The predicted molar refractivity (Wildman–Crippen MR) is 88.6 cm³/mol. The summed E-state index contributed by atoms with van der Waals surface area (Å²) in [6.07, 6.45) is 1.13. The highest BCUT2D eigenvalue weighted by Crippen LogP contribution is 2.20. The maximum absolute atomic E-state index is 5.73. The van der Waals surface area contributed by atoms with Crippen molar-refractivity contribution in [1.29, 1.82) is 0 Å². The van der Waals surface area contributed by atoms with Crippen LogP contribution in [-0.4, -0.2) is 13.2 Å². The summed E-state index contributed by atoms with van der Waals surface area (Å²) in [5.74, 6) is 1.59. The van der Waals surface area contributed by atoms with Gasteiger partial charge in [0.15, 0.2) is 0 Å². The van der Waals surface area contributed by atoms with E-state index in [-0.39, 0.29) is 0 Å². The van der Waals surface area contributed by atoms with Crippen LogP contribution in [0.5, 0.6) is 5.75 Å². The zero-order chi connectivity index (χ0) is 14.9. The van der Waals surface area contributed by atoms with Crippen molar-refractivity contribution < 1.29 is 4.74 Å². The van der Waals surface area contributed by atoms with Gasteiger partial charge in [-0.05, 0) is 30.0 Å². The monoisotopic (exact) mass is 283 g/mol. The molecule has 0 aliphatic carbocycles. The summed E-state index contributed by atoms with van der Waals surface area (Å²) >= 11 is 0. The smallest absolute Gasteiger partial charge is 0.119 e. The Hall–Kier alpha value is -1.80. The number of rotatable bonds is 8. The SMILES string of the molecule is CC(C)CC(NCCOc1ccccc1)c1ccccc1. The number of hydrogen-bond donors (Lipinski definition) is 1. The molecule has 2 aromatic carbocycles. The van der Waals surface area contributed by atoms with E-state index >= 15 is 0 Å². The number of ether oxygens (including phenoxy) is 1. The Morgan fingerprint density at radius 3 is 2.14 bits per heavy atom. The molecule has 2 aromatic rings. The van der Waals surface area contributed by atoms with Crippen LogP contribution in [0, 0.1) is 5.92 Å². The number of nitrogens with one attached hydrogen (secondary N) is 1. The first kappa shape index (κ1) is 15.6. The number of benzene rings is 2. The van der Waals surface area contributed by atoms with Crippen molar-refractivity contribution in [3.8, 4) is 5.75 Å². The molecule has 0 aromatic heterocycles. The third-order valence-corrected chi connectivity index (χ3v) is 3.41. The van der Waals surface area contributed by atoms with Gasteiger partial charge in [-0.1, -0.05) is 62.4 Å². The lowest BCUT2D eigenvalue weighted by molar-refractivity contribution is 0.298. The quantitative estimate of drug-likeness (QED) is 0.723. The molecule has 1 N–H and O–H groups in total. The highest BCUT2D eigenvalue weighted by molar-refractivity contribution is 5.21. The standard InChI is InChI=1S/C19H25NO/c1-16(2)15-19(17-9-5-3-6-10-17)20-13-14-21-18-11-7-4-8-12-18/h3-12,16,19-20H,13-15H2,1-2H3. The zero-order valence-corrected chi connectivity index (χ0v) is 13.0. The average molecular weight is 283 g/mol. The summed E-state index contributed by atoms with van der Waals surface area (Å²) in [7, 11) is 0. The molecule has 0 saturated heterocycles. The second kappa shape index (κ2) is 8.48. The topological polar surface area (TPSA) is 21.3 Å². The van der Waals surface area contributed by atoms with Crippen molar-refractivity contribution >= 4 is 0 Å². The number of hydrogen-bond acceptors (Lipinski definition) is 2. The molecular formula is C19H25NO. The van der Waals surface area contributed by atoms with E-state index in [0.29, 0.717) is 18.6 Å². The third kappa shape index (κ3) is 5.60. The van der Waals surface area contributed by atoms with Crippen LogP contribution in [0.4, 0.5) is 0 Å². The van der Waals surface area contributed by atoms with E-state index in [4.69, 9.17) is 4.74 Å². The Bertz CT molecular complexity index is 495. The van der Waals surface area contributed by atoms with E-state index in [9.17, 15) is 0 Å². The summed E-state index contributed by atoms with van der Waals surface area (Å²) in [4.78, 5) is 0. The van der Waals surface area contributed by atoms with Gasteiger partial charge in [0.2, 0.25) is 0 Å². The molecule has 2 heteroatoms. The molecular weight excluding hydrogens is 258 g/mol. The van der Waals surface area contributed by atoms with Gasteiger partial charge in [-0.2, -0.15) is 0 Å². The van der Waals surface area contributed by atoms with Gasteiger partial charge in [0.25, 0.3) is 0 Å². The van der Waals surface area contributed by atoms with Crippen LogP contribution in [0.3, 0.4) is 0 Å². The molecule has 21 heavy (non-hydrogen) atoms. The van der Waals surface area contributed by atoms with Crippen molar-refractivity contribution in [2.24, 2.45) is 5.92 Å². The first-order valence-electron chi connectivity index (χ1n) is 7.72. The highest BCUT2D eigenvalue weighted by Gasteiger charge is 2.12. The predicted octanol–water partition coefficient (Wildman–Crippen LogP) is 4.44. The largest absolute Gasteiger partial charge is 0.492 e. The molecule has 2 rings (SSSR count). The van der Waals surface area contributed by atoms with Gasteiger partial charge in [-0.3, -0.25) is 0 Å². The van der Waals surface area contributed by atoms with E-state index in [2.05, 4.69) is 49.5 Å². The Morgan fingerprint density at radius 1 is 0.905 bits per heavy atom. The van der Waals surface area contributed by atoms with Crippen LogP contribution in [-0.2, 0) is 0 Å². The van der Waals surface area contributed by atoms with Crippen LogP contribution in [0.25, 0.3) is 0 Å².